The molecule has 1 aromatic carbocycles. The Kier molecular flexibility index (Phi) is 4.66. The molecule has 0 aliphatic rings. The molecule has 0 fully saturated rings. The molecule has 0 atom stereocenters. The first-order chi connectivity index (χ1) is 11.2. The second kappa shape index (κ2) is 6.04. The van der Waals surface area contributed by atoms with Crippen LogP contribution in [-0.2, 0) is 17.0 Å². The van der Waals surface area contributed by atoms with E-state index in [-0.39, 0.29) is 16.6 Å². The van der Waals surface area contributed by atoms with Crippen LogP contribution in [0.15, 0.2) is 30.5 Å². The largest absolute Gasteiger partial charge is 0.507 e. The molecule has 0 amide bonds. The van der Waals surface area contributed by atoms with Gasteiger partial charge in [0, 0.05) is 17.3 Å². The Labute approximate surface area is 146 Å². The predicted molar refractivity (Wildman–Crippen MR) is 93.7 cm³/mol. The Balaban J connectivity index is 2.68. The number of halogens is 3. The molecule has 2 rings (SSSR count). The summed E-state index contributed by atoms with van der Waals surface area (Å²) in [7, 11) is 0. The summed E-state index contributed by atoms with van der Waals surface area (Å²) in [4.78, 5) is 3.94. The van der Waals surface area contributed by atoms with E-state index in [1.54, 1.807) is 6.07 Å². The standard InChI is InChI=1S/C20H24F3NO/c1-18(2,3)13-9-14(17(25)15(10-13)19(4,5)6)16-8-7-12(11-24-16)20(21,22)23/h7-11,25H,1-6H3. The number of phenolic OH excluding ortho intramolecular Hbond substituents is 1. The van der Waals surface area contributed by atoms with Crippen molar-refractivity contribution in [2.24, 2.45) is 0 Å². The Morgan fingerprint density at radius 1 is 0.840 bits per heavy atom. The first kappa shape index (κ1) is 19.3. The number of aromatic nitrogens is 1. The molecule has 25 heavy (non-hydrogen) atoms. The molecular formula is C20H24F3NO. The van der Waals surface area contributed by atoms with Gasteiger partial charge >= 0.3 is 6.18 Å². The van der Waals surface area contributed by atoms with Gasteiger partial charge in [-0.25, -0.2) is 0 Å². The summed E-state index contributed by atoms with van der Waals surface area (Å²) in [5.74, 6) is 0.0627. The fourth-order valence-electron chi connectivity index (χ4n) is 2.56. The molecule has 2 nitrogen and oxygen atoms in total. The number of hydrogen-bond donors (Lipinski definition) is 1. The highest BCUT2D eigenvalue weighted by Gasteiger charge is 2.31. The second-order valence-electron chi connectivity index (χ2n) is 8.35. The van der Waals surface area contributed by atoms with Gasteiger partial charge in [-0.15, -0.1) is 0 Å². The molecule has 136 valence electrons. The molecule has 0 unspecified atom stereocenters. The van der Waals surface area contributed by atoms with Crippen LogP contribution in [0.1, 0.15) is 58.2 Å². The zero-order valence-corrected chi connectivity index (χ0v) is 15.4. The van der Waals surface area contributed by atoms with E-state index in [2.05, 4.69) is 25.8 Å². The highest BCUT2D eigenvalue weighted by Crippen LogP contribution is 2.41. The minimum atomic E-state index is -4.43. The highest BCUT2D eigenvalue weighted by molar-refractivity contribution is 5.71. The molecular weight excluding hydrogens is 327 g/mol. The summed E-state index contributed by atoms with van der Waals surface area (Å²) in [5.41, 5.74) is 1.22. The van der Waals surface area contributed by atoms with Crippen molar-refractivity contribution >= 4 is 0 Å². The number of benzene rings is 1. The Morgan fingerprint density at radius 3 is 1.84 bits per heavy atom. The van der Waals surface area contributed by atoms with Crippen molar-refractivity contribution in [1.82, 2.24) is 4.98 Å². The normalized spacial score (nSPS) is 13.2. The fraction of sp³-hybridized carbons (Fsp3) is 0.450. The van der Waals surface area contributed by atoms with Crippen molar-refractivity contribution in [3.05, 3.63) is 47.2 Å². The van der Waals surface area contributed by atoms with E-state index in [1.807, 2.05) is 26.8 Å². The number of pyridine rings is 1. The number of aromatic hydroxyl groups is 1. The molecule has 0 saturated heterocycles. The van der Waals surface area contributed by atoms with Gasteiger partial charge in [-0.1, -0.05) is 47.6 Å². The summed E-state index contributed by atoms with van der Waals surface area (Å²) in [6.45, 7) is 12.1. The van der Waals surface area contributed by atoms with Gasteiger partial charge in [-0.3, -0.25) is 4.98 Å². The first-order valence-electron chi connectivity index (χ1n) is 8.13. The van der Waals surface area contributed by atoms with E-state index in [0.717, 1.165) is 23.4 Å². The first-order valence-corrected chi connectivity index (χ1v) is 8.13. The lowest BCUT2D eigenvalue weighted by atomic mass is 9.78. The number of hydrogen-bond acceptors (Lipinski definition) is 2. The molecule has 0 spiro atoms. The van der Waals surface area contributed by atoms with Gasteiger partial charge in [0.1, 0.15) is 5.75 Å². The van der Waals surface area contributed by atoms with E-state index in [9.17, 15) is 18.3 Å². The number of rotatable bonds is 1. The van der Waals surface area contributed by atoms with Crippen molar-refractivity contribution in [3.63, 3.8) is 0 Å². The van der Waals surface area contributed by atoms with Gasteiger partial charge in [0.2, 0.25) is 0 Å². The van der Waals surface area contributed by atoms with E-state index in [4.69, 9.17) is 0 Å². The van der Waals surface area contributed by atoms with Gasteiger partial charge in [0.25, 0.3) is 0 Å². The van der Waals surface area contributed by atoms with Crippen LogP contribution < -0.4 is 0 Å². The monoisotopic (exact) mass is 351 g/mol. The maximum atomic E-state index is 12.8. The van der Waals surface area contributed by atoms with Crippen LogP contribution in [0.3, 0.4) is 0 Å². The van der Waals surface area contributed by atoms with Crippen molar-refractivity contribution in [2.45, 2.75) is 58.5 Å². The third-order valence-electron chi connectivity index (χ3n) is 4.15. The van der Waals surface area contributed by atoms with Crippen LogP contribution in [0.5, 0.6) is 5.75 Å². The van der Waals surface area contributed by atoms with E-state index >= 15 is 0 Å². The number of nitrogens with zero attached hydrogens (tertiary/aromatic N) is 1. The highest BCUT2D eigenvalue weighted by atomic mass is 19.4. The van der Waals surface area contributed by atoms with E-state index in [0.29, 0.717) is 11.3 Å². The third kappa shape index (κ3) is 4.14. The quantitative estimate of drug-likeness (QED) is 0.676. The lowest BCUT2D eigenvalue weighted by Gasteiger charge is -2.27. The second-order valence-corrected chi connectivity index (χ2v) is 8.35. The van der Waals surface area contributed by atoms with E-state index < -0.39 is 11.7 Å². The summed E-state index contributed by atoms with van der Waals surface area (Å²) in [5, 5.41) is 10.7. The molecule has 1 N–H and O–H groups in total. The van der Waals surface area contributed by atoms with Crippen LogP contribution in [0, 0.1) is 0 Å². The lowest BCUT2D eigenvalue weighted by Crippen LogP contribution is -2.17. The molecule has 0 aliphatic heterocycles. The van der Waals surface area contributed by atoms with Crippen LogP contribution in [-0.4, -0.2) is 10.1 Å². The van der Waals surface area contributed by atoms with Crippen molar-refractivity contribution in [1.29, 1.82) is 0 Å². The van der Waals surface area contributed by atoms with Gasteiger partial charge < -0.3 is 5.11 Å². The Morgan fingerprint density at radius 2 is 1.44 bits per heavy atom. The van der Waals surface area contributed by atoms with Crippen molar-refractivity contribution in [2.75, 3.05) is 0 Å². The molecule has 0 radical (unpaired) electrons. The number of phenols is 1. The maximum absolute atomic E-state index is 12.8. The maximum Gasteiger partial charge on any atom is 0.417 e. The molecule has 5 heteroatoms. The van der Waals surface area contributed by atoms with Gasteiger partial charge in [-0.2, -0.15) is 13.2 Å². The third-order valence-corrected chi connectivity index (χ3v) is 4.15. The minimum Gasteiger partial charge on any atom is -0.507 e. The van der Waals surface area contributed by atoms with Crippen LogP contribution in [0.25, 0.3) is 11.3 Å². The van der Waals surface area contributed by atoms with Crippen LogP contribution in [0.2, 0.25) is 0 Å². The predicted octanol–water partition coefficient (Wildman–Crippen LogP) is 6.07. The Hall–Kier alpha value is -2.04. The summed E-state index contributed by atoms with van der Waals surface area (Å²) < 4.78 is 38.3. The van der Waals surface area contributed by atoms with Gasteiger partial charge in [0.15, 0.2) is 0 Å². The molecule has 0 aliphatic carbocycles. The summed E-state index contributed by atoms with van der Waals surface area (Å²) in [6.07, 6.45) is -3.63. The van der Waals surface area contributed by atoms with Crippen molar-refractivity contribution in [3.8, 4) is 17.0 Å². The van der Waals surface area contributed by atoms with E-state index in [1.165, 1.54) is 6.07 Å². The number of alkyl halides is 3. The lowest BCUT2D eigenvalue weighted by molar-refractivity contribution is -0.137. The Bertz CT molecular complexity index is 764. The zero-order valence-electron chi connectivity index (χ0n) is 15.4. The summed E-state index contributed by atoms with van der Waals surface area (Å²) in [6, 6.07) is 6.06. The molecule has 0 bridgehead atoms. The van der Waals surface area contributed by atoms with Gasteiger partial charge in [0.05, 0.1) is 11.3 Å². The smallest absolute Gasteiger partial charge is 0.417 e. The minimum absolute atomic E-state index is 0.0627. The fourth-order valence-corrected chi connectivity index (χ4v) is 2.56. The average molecular weight is 351 g/mol. The summed E-state index contributed by atoms with van der Waals surface area (Å²) >= 11 is 0. The van der Waals surface area contributed by atoms with Gasteiger partial charge in [-0.05, 0) is 34.6 Å². The molecule has 2 aromatic rings. The SMILES string of the molecule is CC(C)(C)c1cc(-c2ccc(C(F)(F)F)cn2)c(O)c(C(C)(C)C)c1. The topological polar surface area (TPSA) is 33.1 Å². The molecule has 0 saturated carbocycles. The van der Waals surface area contributed by atoms with Crippen LogP contribution >= 0.6 is 0 Å². The molecule has 1 aromatic heterocycles. The molecule has 1 heterocycles. The average Bonchev–Trinajstić information content (AvgIpc) is 2.44. The zero-order chi connectivity index (χ0) is 19.2. The van der Waals surface area contributed by atoms with Crippen LogP contribution in [0.4, 0.5) is 13.2 Å². The van der Waals surface area contributed by atoms with Crippen molar-refractivity contribution < 1.29 is 18.3 Å².